The Hall–Kier alpha value is -2.84. The summed E-state index contributed by atoms with van der Waals surface area (Å²) >= 11 is 0. The number of anilines is 1. The summed E-state index contributed by atoms with van der Waals surface area (Å²) < 4.78 is 5.54. The first-order valence-corrected chi connectivity index (χ1v) is 9.69. The van der Waals surface area contributed by atoms with Crippen LogP contribution in [-0.2, 0) is 11.8 Å². The molecule has 4 heterocycles. The largest absolute Gasteiger partial charge is 0.353 e. The molecule has 2 saturated heterocycles. The quantitative estimate of drug-likeness (QED) is 0.681. The Bertz CT molecular complexity index is 915. The van der Waals surface area contributed by atoms with Crippen molar-refractivity contribution in [2.75, 3.05) is 44.2 Å². The fourth-order valence-electron chi connectivity index (χ4n) is 3.86. The van der Waals surface area contributed by atoms with E-state index < -0.39 is 0 Å². The van der Waals surface area contributed by atoms with Crippen LogP contribution in [0.5, 0.6) is 0 Å². The van der Waals surface area contributed by atoms with Gasteiger partial charge in [-0.05, 0) is 5.56 Å². The van der Waals surface area contributed by atoms with Crippen LogP contribution in [-0.4, -0.2) is 59.4 Å². The third kappa shape index (κ3) is 3.25. The molecule has 0 amide bonds. The van der Waals surface area contributed by atoms with Gasteiger partial charge in [-0.25, -0.2) is 9.97 Å². The van der Waals surface area contributed by atoms with Crippen LogP contribution < -0.4 is 15.5 Å². The van der Waals surface area contributed by atoms with Gasteiger partial charge in [-0.1, -0.05) is 35.5 Å². The van der Waals surface area contributed by atoms with E-state index in [1.165, 1.54) is 5.56 Å². The molecule has 5 rings (SSSR count). The van der Waals surface area contributed by atoms with Gasteiger partial charge < -0.3 is 20.1 Å². The van der Waals surface area contributed by atoms with Crippen LogP contribution in [0, 0.1) is 0 Å². The van der Waals surface area contributed by atoms with Crippen LogP contribution in [0.4, 0.5) is 5.82 Å². The van der Waals surface area contributed by atoms with Gasteiger partial charge >= 0.3 is 0 Å². The topological polar surface area (TPSA) is 92.0 Å². The standard InChI is InChI=1S/C20H23N7O/c1-2-4-15(5-3-1)20(13-22-14-20)10-18-25-19(26-28-18)16-11-24-17(12-23-16)27-8-6-21-7-9-27/h1-5,11-12,21-22H,6-10,13-14H2. The van der Waals surface area contributed by atoms with E-state index in [-0.39, 0.29) is 5.41 Å². The molecule has 0 bridgehead atoms. The van der Waals surface area contributed by atoms with Crippen LogP contribution >= 0.6 is 0 Å². The zero-order valence-electron chi connectivity index (χ0n) is 15.6. The van der Waals surface area contributed by atoms with Gasteiger partial charge in [-0.15, -0.1) is 0 Å². The molecular weight excluding hydrogens is 354 g/mol. The minimum atomic E-state index is 0.0168. The second-order valence-electron chi connectivity index (χ2n) is 7.44. The number of nitrogens with one attached hydrogen (secondary N) is 2. The first-order chi connectivity index (χ1) is 13.8. The lowest BCUT2D eigenvalue weighted by atomic mass is 9.72. The smallest absolute Gasteiger partial charge is 0.228 e. The molecule has 144 valence electrons. The number of hydrogen-bond acceptors (Lipinski definition) is 8. The highest BCUT2D eigenvalue weighted by molar-refractivity contribution is 5.49. The third-order valence-corrected chi connectivity index (χ3v) is 5.58. The number of hydrogen-bond donors (Lipinski definition) is 2. The van der Waals surface area contributed by atoms with E-state index in [0.29, 0.717) is 23.8 Å². The molecule has 0 spiro atoms. The lowest BCUT2D eigenvalue weighted by molar-refractivity contribution is 0.243. The summed E-state index contributed by atoms with van der Waals surface area (Å²) in [6.45, 7) is 5.64. The van der Waals surface area contributed by atoms with Gasteiger partial charge in [0.15, 0.2) is 0 Å². The first-order valence-electron chi connectivity index (χ1n) is 9.69. The molecule has 8 nitrogen and oxygen atoms in total. The normalized spacial score (nSPS) is 18.6. The average molecular weight is 377 g/mol. The Labute approximate surface area is 163 Å². The van der Waals surface area contributed by atoms with Crippen LogP contribution in [0.15, 0.2) is 47.2 Å². The van der Waals surface area contributed by atoms with Crippen molar-refractivity contribution in [3.05, 3.63) is 54.2 Å². The van der Waals surface area contributed by atoms with Crippen molar-refractivity contribution in [1.82, 2.24) is 30.7 Å². The van der Waals surface area contributed by atoms with E-state index in [1.54, 1.807) is 12.4 Å². The lowest BCUT2D eigenvalue weighted by Crippen LogP contribution is -2.58. The summed E-state index contributed by atoms with van der Waals surface area (Å²) in [6.07, 6.45) is 4.23. The van der Waals surface area contributed by atoms with Crippen molar-refractivity contribution in [2.24, 2.45) is 0 Å². The summed E-state index contributed by atoms with van der Waals surface area (Å²) in [6, 6.07) is 10.5. The second kappa shape index (κ2) is 7.29. The molecule has 0 atom stereocenters. The number of aromatic nitrogens is 4. The second-order valence-corrected chi connectivity index (χ2v) is 7.44. The fraction of sp³-hybridized carbons (Fsp3) is 0.400. The molecule has 0 unspecified atom stereocenters. The molecule has 1 aromatic carbocycles. The maximum atomic E-state index is 5.54. The molecule has 0 saturated carbocycles. The SMILES string of the molecule is c1ccc(C2(Cc3nc(-c4cnc(N5CCNCC5)cn4)no3)CNC2)cc1. The Kier molecular flexibility index (Phi) is 4.50. The van der Waals surface area contributed by atoms with Gasteiger partial charge in [0.05, 0.1) is 12.4 Å². The van der Waals surface area contributed by atoms with Gasteiger partial charge in [0, 0.05) is 51.1 Å². The molecule has 0 aliphatic carbocycles. The summed E-state index contributed by atoms with van der Waals surface area (Å²) in [5, 5.41) is 10.8. The van der Waals surface area contributed by atoms with Crippen LogP contribution in [0.3, 0.4) is 0 Å². The van der Waals surface area contributed by atoms with E-state index >= 15 is 0 Å². The first kappa shape index (κ1) is 17.3. The minimum absolute atomic E-state index is 0.0168. The number of rotatable bonds is 5. The summed E-state index contributed by atoms with van der Waals surface area (Å²) in [5.41, 5.74) is 1.95. The monoisotopic (exact) mass is 377 g/mol. The predicted octanol–water partition coefficient (Wildman–Crippen LogP) is 1.02. The molecule has 3 aromatic rings. The highest BCUT2D eigenvalue weighted by Crippen LogP contribution is 2.32. The summed E-state index contributed by atoms with van der Waals surface area (Å²) in [7, 11) is 0. The van der Waals surface area contributed by atoms with Gasteiger partial charge in [-0.2, -0.15) is 4.98 Å². The molecule has 2 aromatic heterocycles. The minimum Gasteiger partial charge on any atom is -0.353 e. The third-order valence-electron chi connectivity index (χ3n) is 5.58. The van der Waals surface area contributed by atoms with E-state index in [0.717, 1.165) is 45.1 Å². The highest BCUT2D eigenvalue weighted by atomic mass is 16.5. The molecule has 2 fully saturated rings. The van der Waals surface area contributed by atoms with Crippen molar-refractivity contribution in [3.63, 3.8) is 0 Å². The van der Waals surface area contributed by atoms with Crippen molar-refractivity contribution in [1.29, 1.82) is 0 Å². The highest BCUT2D eigenvalue weighted by Gasteiger charge is 2.40. The Morgan fingerprint density at radius 2 is 1.82 bits per heavy atom. The maximum absolute atomic E-state index is 5.54. The Balaban J connectivity index is 1.32. The fourth-order valence-corrected chi connectivity index (χ4v) is 3.86. The van der Waals surface area contributed by atoms with Crippen molar-refractivity contribution in [3.8, 4) is 11.5 Å². The van der Waals surface area contributed by atoms with E-state index in [2.05, 4.69) is 59.9 Å². The molecule has 28 heavy (non-hydrogen) atoms. The van der Waals surface area contributed by atoms with Gasteiger partial charge in [0.25, 0.3) is 0 Å². The Morgan fingerprint density at radius 3 is 2.50 bits per heavy atom. The molecule has 0 radical (unpaired) electrons. The van der Waals surface area contributed by atoms with E-state index in [9.17, 15) is 0 Å². The van der Waals surface area contributed by atoms with Crippen LogP contribution in [0.25, 0.3) is 11.5 Å². The molecular formula is C20H23N7O. The van der Waals surface area contributed by atoms with Crippen LogP contribution in [0.1, 0.15) is 11.5 Å². The zero-order valence-corrected chi connectivity index (χ0v) is 15.6. The van der Waals surface area contributed by atoms with Crippen LogP contribution in [0.2, 0.25) is 0 Å². The van der Waals surface area contributed by atoms with Gasteiger partial charge in [0.2, 0.25) is 11.7 Å². The average Bonchev–Trinajstić information content (AvgIpc) is 3.21. The number of benzene rings is 1. The predicted molar refractivity (Wildman–Crippen MR) is 105 cm³/mol. The Morgan fingerprint density at radius 1 is 1.00 bits per heavy atom. The number of piperazine rings is 1. The molecule has 8 heteroatoms. The van der Waals surface area contributed by atoms with Gasteiger partial charge in [0.1, 0.15) is 11.5 Å². The summed E-state index contributed by atoms with van der Waals surface area (Å²) in [4.78, 5) is 15.9. The molecule has 2 N–H and O–H groups in total. The van der Waals surface area contributed by atoms with Gasteiger partial charge in [-0.3, -0.25) is 0 Å². The van der Waals surface area contributed by atoms with E-state index in [1.807, 2.05) is 6.07 Å². The van der Waals surface area contributed by atoms with Crippen molar-refractivity contribution in [2.45, 2.75) is 11.8 Å². The summed E-state index contributed by atoms with van der Waals surface area (Å²) in [5.74, 6) is 2.01. The molecule has 2 aliphatic rings. The lowest BCUT2D eigenvalue weighted by Gasteiger charge is -2.42. The zero-order chi connectivity index (χ0) is 18.8. The number of nitrogens with zero attached hydrogens (tertiary/aromatic N) is 5. The van der Waals surface area contributed by atoms with Crippen molar-refractivity contribution < 1.29 is 4.52 Å². The van der Waals surface area contributed by atoms with Crippen molar-refractivity contribution >= 4 is 5.82 Å². The van der Waals surface area contributed by atoms with E-state index in [4.69, 9.17) is 4.52 Å². The molecule has 2 aliphatic heterocycles. The maximum Gasteiger partial charge on any atom is 0.228 e.